The van der Waals surface area contributed by atoms with Crippen LogP contribution in [0.3, 0.4) is 0 Å². The summed E-state index contributed by atoms with van der Waals surface area (Å²) in [5.41, 5.74) is 1.52. The Morgan fingerprint density at radius 1 is 1.12 bits per heavy atom. The number of hydrogen-bond donors (Lipinski definition) is 2. The van der Waals surface area contributed by atoms with Crippen molar-refractivity contribution in [2.24, 2.45) is 0 Å². The fraction of sp³-hybridized carbons (Fsp3) is 0.217. The van der Waals surface area contributed by atoms with Crippen molar-refractivity contribution in [1.29, 1.82) is 0 Å². The molecule has 0 saturated carbocycles. The molecule has 0 radical (unpaired) electrons. The molecule has 166 valence electrons. The number of amides is 2. The molecule has 0 saturated heterocycles. The number of hydrogen-bond acceptors (Lipinski definition) is 6. The number of ether oxygens (including phenoxy) is 1. The standard InChI is InChI=1S/C23H23ClN4O3S/c1-3-32-23-25-14-18(24)20(28-23)22(30)27-19(13-15-7-5-4-6-8-15)21(29)26-16-9-11-17(31-2)12-10-16/h4-12,14,19H,3,13H2,1-2H3,(H,26,29)(H,27,30)/t19-/m0/s1. The van der Waals surface area contributed by atoms with Crippen molar-refractivity contribution in [3.63, 3.8) is 0 Å². The van der Waals surface area contributed by atoms with E-state index < -0.39 is 11.9 Å². The first-order valence-electron chi connectivity index (χ1n) is 9.95. The molecule has 0 fully saturated rings. The van der Waals surface area contributed by atoms with Crippen LogP contribution in [0.5, 0.6) is 5.75 Å². The van der Waals surface area contributed by atoms with E-state index in [0.29, 0.717) is 23.0 Å². The number of aromatic nitrogens is 2. The second-order valence-electron chi connectivity index (χ2n) is 6.72. The number of methoxy groups -OCH3 is 1. The van der Waals surface area contributed by atoms with Crippen molar-refractivity contribution in [1.82, 2.24) is 15.3 Å². The normalized spacial score (nSPS) is 11.5. The maximum atomic E-state index is 13.1. The van der Waals surface area contributed by atoms with E-state index in [4.69, 9.17) is 16.3 Å². The van der Waals surface area contributed by atoms with Gasteiger partial charge in [-0.1, -0.05) is 60.6 Å². The monoisotopic (exact) mass is 470 g/mol. The van der Waals surface area contributed by atoms with E-state index in [1.807, 2.05) is 37.3 Å². The van der Waals surface area contributed by atoms with Gasteiger partial charge < -0.3 is 15.4 Å². The molecule has 3 rings (SSSR count). The van der Waals surface area contributed by atoms with Crippen molar-refractivity contribution in [3.8, 4) is 5.75 Å². The van der Waals surface area contributed by atoms with Crippen LogP contribution in [0.25, 0.3) is 0 Å². The van der Waals surface area contributed by atoms with Gasteiger partial charge in [0.05, 0.1) is 18.3 Å². The van der Waals surface area contributed by atoms with Crippen LogP contribution in [0, 0.1) is 0 Å². The van der Waals surface area contributed by atoms with Crippen LogP contribution in [-0.2, 0) is 11.2 Å². The number of anilines is 1. The van der Waals surface area contributed by atoms with E-state index in [-0.39, 0.29) is 16.6 Å². The molecule has 0 unspecified atom stereocenters. The van der Waals surface area contributed by atoms with E-state index in [1.54, 1.807) is 31.4 Å². The van der Waals surface area contributed by atoms with Crippen LogP contribution in [0.4, 0.5) is 5.69 Å². The summed E-state index contributed by atoms with van der Waals surface area (Å²) in [5.74, 6) is 0.530. The van der Waals surface area contributed by atoms with Crippen LogP contribution < -0.4 is 15.4 Å². The number of rotatable bonds is 9. The second-order valence-corrected chi connectivity index (χ2v) is 8.35. The molecule has 9 heteroatoms. The molecule has 7 nitrogen and oxygen atoms in total. The van der Waals surface area contributed by atoms with Gasteiger partial charge in [-0.2, -0.15) is 0 Å². The number of halogens is 1. The molecule has 0 bridgehead atoms. The van der Waals surface area contributed by atoms with Crippen LogP contribution >= 0.6 is 23.4 Å². The third kappa shape index (κ3) is 6.45. The van der Waals surface area contributed by atoms with E-state index in [9.17, 15) is 9.59 Å². The Morgan fingerprint density at radius 2 is 1.84 bits per heavy atom. The lowest BCUT2D eigenvalue weighted by Crippen LogP contribution is -2.45. The summed E-state index contributed by atoms with van der Waals surface area (Å²) in [6, 6.07) is 15.5. The van der Waals surface area contributed by atoms with Gasteiger partial charge in [-0.05, 0) is 35.6 Å². The summed E-state index contributed by atoms with van der Waals surface area (Å²) in [4.78, 5) is 34.4. The lowest BCUT2D eigenvalue weighted by atomic mass is 10.0. The predicted octanol–water partition coefficient (Wildman–Crippen LogP) is 4.23. The number of nitrogens with one attached hydrogen (secondary N) is 2. The summed E-state index contributed by atoms with van der Waals surface area (Å²) in [7, 11) is 1.57. The highest BCUT2D eigenvalue weighted by Crippen LogP contribution is 2.19. The molecular weight excluding hydrogens is 448 g/mol. The quantitative estimate of drug-likeness (QED) is 0.359. The smallest absolute Gasteiger partial charge is 0.272 e. The Labute approximate surface area is 196 Å². The molecule has 0 aliphatic rings. The largest absolute Gasteiger partial charge is 0.497 e. The van der Waals surface area contributed by atoms with Gasteiger partial charge in [0.1, 0.15) is 11.8 Å². The van der Waals surface area contributed by atoms with Crippen LogP contribution in [0.15, 0.2) is 66.0 Å². The summed E-state index contributed by atoms with van der Waals surface area (Å²) < 4.78 is 5.14. The molecule has 1 aromatic heterocycles. The maximum absolute atomic E-state index is 13.1. The van der Waals surface area contributed by atoms with Gasteiger partial charge in [-0.25, -0.2) is 9.97 Å². The van der Waals surface area contributed by atoms with Crippen LogP contribution in [0.1, 0.15) is 23.0 Å². The fourth-order valence-electron chi connectivity index (χ4n) is 2.90. The minimum absolute atomic E-state index is 0.0351. The number of benzene rings is 2. The third-order valence-electron chi connectivity index (χ3n) is 4.47. The average molecular weight is 471 g/mol. The zero-order chi connectivity index (χ0) is 22.9. The number of carbonyl (C=O) groups is 2. The number of carbonyl (C=O) groups excluding carboxylic acids is 2. The Kier molecular flexibility index (Phi) is 8.47. The van der Waals surface area contributed by atoms with Crippen molar-refractivity contribution < 1.29 is 14.3 Å². The molecule has 1 atom stereocenters. The highest BCUT2D eigenvalue weighted by molar-refractivity contribution is 7.99. The van der Waals surface area contributed by atoms with Crippen molar-refractivity contribution in [2.45, 2.75) is 24.5 Å². The first-order valence-corrected chi connectivity index (χ1v) is 11.3. The summed E-state index contributed by atoms with van der Waals surface area (Å²) in [6.45, 7) is 1.96. The Hall–Kier alpha value is -3.10. The van der Waals surface area contributed by atoms with Gasteiger partial charge in [0.2, 0.25) is 5.91 Å². The molecule has 2 amide bonds. The molecule has 2 N–H and O–H groups in total. The minimum Gasteiger partial charge on any atom is -0.497 e. The van der Waals surface area contributed by atoms with Gasteiger partial charge >= 0.3 is 0 Å². The van der Waals surface area contributed by atoms with E-state index in [0.717, 1.165) is 11.3 Å². The van der Waals surface area contributed by atoms with Crippen LogP contribution in [0.2, 0.25) is 5.02 Å². The molecule has 32 heavy (non-hydrogen) atoms. The molecule has 3 aromatic rings. The first-order chi connectivity index (χ1) is 15.5. The summed E-state index contributed by atoms with van der Waals surface area (Å²) in [6.07, 6.45) is 1.69. The SMILES string of the molecule is CCSc1ncc(Cl)c(C(=O)N[C@@H](Cc2ccccc2)C(=O)Nc2ccc(OC)cc2)n1. The van der Waals surface area contributed by atoms with Gasteiger partial charge in [0.15, 0.2) is 10.9 Å². The van der Waals surface area contributed by atoms with Gasteiger partial charge in [-0.15, -0.1) is 0 Å². The third-order valence-corrected chi connectivity index (χ3v) is 5.49. The van der Waals surface area contributed by atoms with Crippen molar-refractivity contribution in [2.75, 3.05) is 18.2 Å². The van der Waals surface area contributed by atoms with Gasteiger partial charge in [-0.3, -0.25) is 9.59 Å². The molecule has 0 spiro atoms. The van der Waals surface area contributed by atoms with Gasteiger partial charge in [0.25, 0.3) is 5.91 Å². The van der Waals surface area contributed by atoms with Crippen molar-refractivity contribution in [3.05, 3.63) is 77.1 Å². The average Bonchev–Trinajstić information content (AvgIpc) is 2.81. The van der Waals surface area contributed by atoms with Crippen molar-refractivity contribution >= 4 is 40.9 Å². The highest BCUT2D eigenvalue weighted by atomic mass is 35.5. The number of thioether (sulfide) groups is 1. The lowest BCUT2D eigenvalue weighted by Gasteiger charge is -2.19. The fourth-order valence-corrected chi connectivity index (χ4v) is 3.62. The zero-order valence-electron chi connectivity index (χ0n) is 17.7. The topological polar surface area (TPSA) is 93.2 Å². The maximum Gasteiger partial charge on any atom is 0.272 e. The van der Waals surface area contributed by atoms with Crippen LogP contribution in [-0.4, -0.2) is 40.7 Å². The molecule has 1 heterocycles. The summed E-state index contributed by atoms with van der Waals surface area (Å²) >= 11 is 7.56. The zero-order valence-corrected chi connectivity index (χ0v) is 19.2. The van der Waals surface area contributed by atoms with E-state index in [1.165, 1.54) is 18.0 Å². The molecule has 0 aliphatic carbocycles. The van der Waals surface area contributed by atoms with Gasteiger partial charge in [0, 0.05) is 12.1 Å². The van der Waals surface area contributed by atoms with E-state index >= 15 is 0 Å². The predicted molar refractivity (Wildman–Crippen MR) is 126 cm³/mol. The Morgan fingerprint density at radius 3 is 2.50 bits per heavy atom. The molecule has 0 aliphatic heterocycles. The minimum atomic E-state index is -0.847. The summed E-state index contributed by atoms with van der Waals surface area (Å²) in [5, 5.41) is 6.18. The lowest BCUT2D eigenvalue weighted by molar-refractivity contribution is -0.118. The molecular formula is C23H23ClN4O3S. The second kappa shape index (κ2) is 11.5. The first kappa shape index (κ1) is 23.6. The number of nitrogens with zero attached hydrogens (tertiary/aromatic N) is 2. The Balaban J connectivity index is 1.81. The highest BCUT2D eigenvalue weighted by Gasteiger charge is 2.24. The van der Waals surface area contributed by atoms with E-state index in [2.05, 4.69) is 20.6 Å². The molecule has 2 aromatic carbocycles. The Bertz CT molecular complexity index is 1060.